The van der Waals surface area contributed by atoms with Crippen LogP contribution in [0.5, 0.6) is 5.75 Å². The number of nitrogen functional groups attached to an aromatic ring is 1. The van der Waals surface area contributed by atoms with E-state index in [1.54, 1.807) is 12.1 Å². The molecule has 2 aromatic heterocycles. The number of β-lactam (4-membered cyclic amide) rings is 1. The first-order valence-corrected chi connectivity index (χ1v) is 16.2. The molecule has 2 atom stereocenters. The zero-order chi connectivity index (χ0) is 34.5. The zero-order valence-corrected chi connectivity index (χ0v) is 27.4. The van der Waals surface area contributed by atoms with Crippen molar-refractivity contribution in [3.05, 3.63) is 47.7 Å². The summed E-state index contributed by atoms with van der Waals surface area (Å²) < 4.78 is 51.8. The Balaban J connectivity index is 1.47. The molecule has 20 heteroatoms. The Morgan fingerprint density at radius 3 is 2.53 bits per heavy atom. The van der Waals surface area contributed by atoms with Gasteiger partial charge in [0.05, 0.1) is 31.0 Å². The Hall–Kier alpha value is -4.63. The van der Waals surface area contributed by atoms with Crippen molar-refractivity contribution in [3.63, 3.8) is 0 Å². The Morgan fingerprint density at radius 1 is 1.26 bits per heavy atom. The number of nitrogens with zero attached hydrogens (tertiary/aromatic N) is 5. The van der Waals surface area contributed by atoms with Crippen molar-refractivity contribution in [1.29, 1.82) is 0 Å². The summed E-state index contributed by atoms with van der Waals surface area (Å²) in [6, 6.07) is 5.79. The minimum absolute atomic E-state index is 0.0461. The molecule has 0 aliphatic carbocycles. The first kappa shape index (κ1) is 35.2. The summed E-state index contributed by atoms with van der Waals surface area (Å²) >= 11 is 0.983. The van der Waals surface area contributed by atoms with Crippen molar-refractivity contribution in [3.8, 4) is 16.9 Å². The van der Waals surface area contributed by atoms with E-state index < -0.39 is 51.6 Å². The first-order chi connectivity index (χ1) is 22.1. The predicted molar refractivity (Wildman–Crippen MR) is 164 cm³/mol. The third-order valence-corrected chi connectivity index (χ3v) is 8.04. The van der Waals surface area contributed by atoms with Crippen LogP contribution in [0.2, 0.25) is 0 Å². The fourth-order valence-corrected chi connectivity index (χ4v) is 5.50. The van der Waals surface area contributed by atoms with Crippen molar-refractivity contribution >= 4 is 50.4 Å². The van der Waals surface area contributed by atoms with Crippen LogP contribution >= 0.6 is 11.3 Å². The molecule has 4 rings (SSSR count). The third-order valence-electron chi connectivity index (χ3n) is 7.03. The van der Waals surface area contributed by atoms with E-state index >= 15 is 0 Å². The maximum atomic E-state index is 13.3. The van der Waals surface area contributed by atoms with Crippen molar-refractivity contribution in [2.45, 2.75) is 44.5 Å². The SMILES string of the molecule is COC(=O)C(COc1ccc(-c2cn(CCCN)[n+](C)c2)cc1)O/N=C(\C(=O)NC1C(=O)N(OS(=O)(=O)[O-])C1(C)C)c1csc(N)n1. The maximum absolute atomic E-state index is 13.3. The van der Waals surface area contributed by atoms with Gasteiger partial charge >= 0.3 is 5.97 Å². The molecule has 0 spiro atoms. The molecule has 0 radical (unpaired) electrons. The number of carbonyl (C=O) groups excluding carboxylic acids is 3. The Morgan fingerprint density at radius 2 is 1.96 bits per heavy atom. The summed E-state index contributed by atoms with van der Waals surface area (Å²) in [7, 11) is -2.19. The number of aryl methyl sites for hydroxylation is 2. The fourth-order valence-electron chi connectivity index (χ4n) is 4.51. The fraction of sp³-hybridized carbons (Fsp3) is 0.407. The second-order valence-electron chi connectivity index (χ2n) is 10.7. The Bertz CT molecular complexity index is 1750. The number of methoxy groups -OCH3 is 1. The molecule has 5 N–H and O–H groups in total. The lowest BCUT2D eigenvalue weighted by Crippen LogP contribution is -2.76. The molecule has 1 saturated heterocycles. The molecule has 254 valence electrons. The van der Waals surface area contributed by atoms with Gasteiger partial charge < -0.3 is 35.6 Å². The summed E-state index contributed by atoms with van der Waals surface area (Å²) in [4.78, 5) is 47.8. The summed E-state index contributed by atoms with van der Waals surface area (Å²) in [6.45, 7) is 3.72. The van der Waals surface area contributed by atoms with Gasteiger partial charge in [0.15, 0.2) is 17.9 Å². The highest BCUT2D eigenvalue weighted by Gasteiger charge is 2.57. The number of anilines is 1. The lowest BCUT2D eigenvalue weighted by Gasteiger charge is -2.51. The smallest absolute Gasteiger partial charge is 0.353 e. The van der Waals surface area contributed by atoms with E-state index in [9.17, 15) is 27.4 Å². The van der Waals surface area contributed by atoms with Crippen LogP contribution in [0.15, 0.2) is 47.2 Å². The molecule has 3 aromatic rings. The van der Waals surface area contributed by atoms with Gasteiger partial charge in [-0.05, 0) is 44.5 Å². The van der Waals surface area contributed by atoms with Crippen LogP contribution in [0.1, 0.15) is 26.0 Å². The molecule has 18 nitrogen and oxygen atoms in total. The summed E-state index contributed by atoms with van der Waals surface area (Å²) in [5, 5.41) is 8.03. The topological polar surface area (TPSA) is 247 Å². The monoisotopic (exact) mass is 694 g/mol. The van der Waals surface area contributed by atoms with Gasteiger partial charge in [-0.1, -0.05) is 17.3 Å². The number of carbonyl (C=O) groups is 3. The number of hydrogen-bond acceptors (Lipinski definition) is 15. The number of rotatable bonds is 15. The number of benzene rings is 1. The van der Waals surface area contributed by atoms with Crippen molar-refractivity contribution in [2.75, 3.05) is 26.0 Å². The normalized spacial score (nSPS) is 16.7. The number of thiazole rings is 1. The summed E-state index contributed by atoms with van der Waals surface area (Å²) in [5.41, 5.74) is 11.3. The highest BCUT2D eigenvalue weighted by Crippen LogP contribution is 2.33. The minimum atomic E-state index is -5.25. The van der Waals surface area contributed by atoms with E-state index in [2.05, 4.69) is 24.4 Å². The maximum Gasteiger partial charge on any atom is 0.353 e. The molecule has 2 unspecified atom stereocenters. The van der Waals surface area contributed by atoms with Crippen LogP contribution in [0.3, 0.4) is 0 Å². The number of aromatic nitrogens is 3. The van der Waals surface area contributed by atoms with Gasteiger partial charge in [-0.15, -0.1) is 16.0 Å². The van der Waals surface area contributed by atoms with E-state index in [-0.39, 0.29) is 17.4 Å². The van der Waals surface area contributed by atoms with Crippen LogP contribution in [0.25, 0.3) is 11.1 Å². The number of esters is 1. The summed E-state index contributed by atoms with van der Waals surface area (Å²) in [6.07, 6.45) is 3.40. The number of nitrogens with two attached hydrogens (primary N) is 2. The Kier molecular flexibility index (Phi) is 10.8. The molecule has 0 bridgehead atoms. The number of ether oxygens (including phenoxy) is 2. The average molecular weight is 695 g/mol. The molecular weight excluding hydrogens is 660 g/mol. The molecule has 2 amide bonds. The highest BCUT2D eigenvalue weighted by atomic mass is 32.3. The third kappa shape index (κ3) is 8.40. The van der Waals surface area contributed by atoms with E-state index in [1.807, 2.05) is 36.3 Å². The van der Waals surface area contributed by atoms with E-state index in [0.29, 0.717) is 17.4 Å². The lowest BCUT2D eigenvalue weighted by atomic mass is 9.84. The van der Waals surface area contributed by atoms with Crippen LogP contribution in [-0.4, -0.2) is 89.1 Å². The highest BCUT2D eigenvalue weighted by molar-refractivity contribution is 7.80. The van der Waals surface area contributed by atoms with Crippen LogP contribution in [-0.2, 0) is 52.2 Å². The summed E-state index contributed by atoms with van der Waals surface area (Å²) in [5.74, 6) is -2.45. The van der Waals surface area contributed by atoms with Gasteiger partial charge in [0.25, 0.3) is 17.9 Å². The van der Waals surface area contributed by atoms with Crippen molar-refractivity contribution < 1.29 is 50.6 Å². The van der Waals surface area contributed by atoms with E-state index in [0.717, 1.165) is 42.5 Å². The minimum Gasteiger partial charge on any atom is -0.724 e. The zero-order valence-electron chi connectivity index (χ0n) is 25.8. The molecule has 1 aliphatic rings. The second-order valence-corrected chi connectivity index (χ2v) is 12.6. The van der Waals surface area contributed by atoms with Gasteiger partial charge in [-0.25, -0.2) is 18.2 Å². The molecule has 47 heavy (non-hydrogen) atoms. The molecule has 1 aliphatic heterocycles. The number of oxime groups is 1. The van der Waals surface area contributed by atoms with Gasteiger partial charge in [-0.3, -0.25) is 9.59 Å². The largest absolute Gasteiger partial charge is 0.724 e. The number of hydroxylamine groups is 2. The van der Waals surface area contributed by atoms with Crippen LogP contribution < -0.4 is 26.2 Å². The number of nitrogens with one attached hydrogen (secondary N) is 1. The van der Waals surface area contributed by atoms with Crippen molar-refractivity contribution in [2.24, 2.45) is 17.9 Å². The quantitative estimate of drug-likeness (QED) is 0.0336. The van der Waals surface area contributed by atoms with Crippen LogP contribution in [0.4, 0.5) is 5.13 Å². The van der Waals surface area contributed by atoms with Crippen molar-refractivity contribution in [1.82, 2.24) is 20.0 Å². The van der Waals surface area contributed by atoms with Gasteiger partial charge in [0.2, 0.25) is 16.6 Å². The van der Waals surface area contributed by atoms with Gasteiger partial charge in [0.1, 0.15) is 24.1 Å². The first-order valence-electron chi connectivity index (χ1n) is 14.0. The second kappa shape index (κ2) is 14.4. The van der Waals surface area contributed by atoms with E-state index in [1.165, 1.54) is 19.2 Å². The molecule has 1 fully saturated rings. The Labute approximate surface area is 273 Å². The molecule has 3 heterocycles. The van der Waals surface area contributed by atoms with Gasteiger partial charge in [0, 0.05) is 5.38 Å². The average Bonchev–Trinajstić information content (AvgIpc) is 3.63. The number of amides is 2. The van der Waals surface area contributed by atoms with Crippen LogP contribution in [0, 0.1) is 0 Å². The number of hydrogen-bond donors (Lipinski definition) is 3. The lowest BCUT2D eigenvalue weighted by molar-refractivity contribution is -0.753. The predicted octanol–water partition coefficient (Wildman–Crippen LogP) is -0.794. The molecular formula is C27H34N8O10S2. The van der Waals surface area contributed by atoms with E-state index in [4.69, 9.17) is 25.8 Å². The standard InChI is InChI=1S/C27H34N8O10S2/c1-27(2)22(24(37)35(27)45-47(39,40)41)31-23(36)21(19-15-46-26(29)30-19)32-44-20(25(38)42-4)14-43-18-8-6-16(7-9-18)17-12-33(3)34(13-17)11-5-10-28/h6-9,12-13,15,20,22H,5,10-11,14,28H2,1-4H3,(H3-,29,30,31,36,39,40,41)/b32-21-. The van der Waals surface area contributed by atoms with Gasteiger partial charge in [-0.2, -0.15) is 14.0 Å². The molecule has 0 saturated carbocycles. The molecule has 1 aromatic carbocycles.